The van der Waals surface area contributed by atoms with Crippen LogP contribution in [0.5, 0.6) is 5.75 Å². The van der Waals surface area contributed by atoms with Gasteiger partial charge >= 0.3 is 6.03 Å². The average Bonchev–Trinajstić information content (AvgIpc) is 2.60. The summed E-state index contributed by atoms with van der Waals surface area (Å²) in [5.74, 6) is 0.671. The Labute approximate surface area is 151 Å². The van der Waals surface area contributed by atoms with Crippen molar-refractivity contribution in [2.75, 3.05) is 12.0 Å². The van der Waals surface area contributed by atoms with Crippen molar-refractivity contribution < 1.29 is 9.53 Å². The van der Waals surface area contributed by atoms with Crippen LogP contribution in [0, 0.1) is 13.8 Å². The number of ether oxygens (including phenoxy) is 1. The second-order valence-corrected chi connectivity index (χ2v) is 6.20. The zero-order chi connectivity index (χ0) is 17.8. The highest BCUT2D eigenvalue weighted by molar-refractivity contribution is 6.32. The molecule has 3 aromatic carbocycles. The van der Waals surface area contributed by atoms with Gasteiger partial charge in [0, 0.05) is 10.4 Å². The van der Waals surface area contributed by atoms with Crippen LogP contribution in [-0.2, 0) is 0 Å². The number of carbonyl (C=O) groups is 1. The Morgan fingerprint density at radius 1 is 1.04 bits per heavy atom. The van der Waals surface area contributed by atoms with E-state index in [1.54, 1.807) is 0 Å². The van der Waals surface area contributed by atoms with Crippen molar-refractivity contribution in [2.24, 2.45) is 0 Å². The second-order valence-electron chi connectivity index (χ2n) is 5.82. The molecule has 0 saturated heterocycles. The van der Waals surface area contributed by atoms with Gasteiger partial charge < -0.3 is 15.4 Å². The van der Waals surface area contributed by atoms with Crippen molar-refractivity contribution in [3.63, 3.8) is 0 Å². The lowest BCUT2D eigenvalue weighted by atomic mass is 10.1. The summed E-state index contributed by atoms with van der Waals surface area (Å²) in [6, 6.07) is 17.1. The van der Waals surface area contributed by atoms with E-state index < -0.39 is 0 Å². The van der Waals surface area contributed by atoms with Gasteiger partial charge in [0.2, 0.25) is 0 Å². The lowest BCUT2D eigenvalue weighted by Gasteiger charge is -2.12. The Morgan fingerprint density at radius 2 is 1.72 bits per heavy atom. The molecule has 0 aliphatic heterocycles. The van der Waals surface area contributed by atoms with E-state index in [1.165, 1.54) is 0 Å². The van der Waals surface area contributed by atoms with Crippen molar-refractivity contribution in [1.82, 2.24) is 5.32 Å². The minimum atomic E-state index is -0.321. The van der Waals surface area contributed by atoms with Crippen LogP contribution in [0.3, 0.4) is 0 Å². The first-order chi connectivity index (χ1) is 12.0. The van der Waals surface area contributed by atoms with Gasteiger partial charge in [-0.3, -0.25) is 0 Å². The topological polar surface area (TPSA) is 50.4 Å². The van der Waals surface area contributed by atoms with E-state index in [-0.39, 0.29) is 12.8 Å². The van der Waals surface area contributed by atoms with Gasteiger partial charge in [0.1, 0.15) is 5.75 Å². The molecule has 4 nitrogen and oxygen atoms in total. The Balaban J connectivity index is 1.60. The Bertz CT molecular complexity index is 896. The summed E-state index contributed by atoms with van der Waals surface area (Å²) in [7, 11) is 0. The SMILES string of the molecule is Cc1cc(OCNC(=O)Nc2cccc3ccccc23)cc(C)c1Cl. The maximum Gasteiger partial charge on any atom is 0.321 e. The number of aryl methyl sites for hydroxylation is 2. The quantitative estimate of drug-likeness (QED) is 0.627. The van der Waals surface area contributed by atoms with Gasteiger partial charge in [-0.1, -0.05) is 48.0 Å². The highest BCUT2D eigenvalue weighted by Crippen LogP contribution is 2.26. The van der Waals surface area contributed by atoms with Gasteiger partial charge in [0.15, 0.2) is 6.73 Å². The van der Waals surface area contributed by atoms with Crippen LogP contribution in [0.2, 0.25) is 5.02 Å². The van der Waals surface area contributed by atoms with Crippen LogP contribution in [0.1, 0.15) is 11.1 Å². The van der Waals surface area contributed by atoms with Crippen LogP contribution < -0.4 is 15.4 Å². The number of rotatable bonds is 4. The summed E-state index contributed by atoms with van der Waals surface area (Å²) in [6.07, 6.45) is 0. The lowest BCUT2D eigenvalue weighted by molar-refractivity contribution is 0.234. The van der Waals surface area contributed by atoms with E-state index in [4.69, 9.17) is 16.3 Å². The predicted octanol–water partition coefficient (Wildman–Crippen LogP) is 5.27. The molecule has 0 atom stereocenters. The van der Waals surface area contributed by atoms with E-state index in [1.807, 2.05) is 68.4 Å². The maximum atomic E-state index is 12.1. The molecular weight excluding hydrogens is 336 g/mol. The Hall–Kier alpha value is -2.72. The number of carbonyl (C=O) groups excluding carboxylic acids is 1. The van der Waals surface area contributed by atoms with Gasteiger partial charge in [0.05, 0.1) is 5.69 Å². The highest BCUT2D eigenvalue weighted by Gasteiger charge is 2.06. The highest BCUT2D eigenvalue weighted by atomic mass is 35.5. The van der Waals surface area contributed by atoms with Gasteiger partial charge in [-0.2, -0.15) is 0 Å². The molecule has 0 aromatic heterocycles. The molecule has 25 heavy (non-hydrogen) atoms. The molecule has 0 saturated carbocycles. The molecule has 2 N–H and O–H groups in total. The van der Waals surface area contributed by atoms with E-state index in [9.17, 15) is 4.79 Å². The third-order valence-electron chi connectivity index (χ3n) is 3.92. The van der Waals surface area contributed by atoms with Crippen LogP contribution in [0.25, 0.3) is 10.8 Å². The van der Waals surface area contributed by atoms with Crippen LogP contribution in [-0.4, -0.2) is 12.8 Å². The summed E-state index contributed by atoms with van der Waals surface area (Å²) in [6.45, 7) is 3.91. The van der Waals surface area contributed by atoms with Gasteiger partial charge in [-0.05, 0) is 48.6 Å². The molecule has 128 valence electrons. The molecule has 3 rings (SSSR count). The first-order valence-electron chi connectivity index (χ1n) is 7.97. The largest absolute Gasteiger partial charge is 0.473 e. The predicted molar refractivity (Wildman–Crippen MR) is 103 cm³/mol. The molecule has 0 bridgehead atoms. The molecule has 3 aromatic rings. The number of halogens is 1. The Kier molecular flexibility index (Phi) is 5.10. The lowest BCUT2D eigenvalue weighted by Crippen LogP contribution is -2.32. The number of anilines is 1. The van der Waals surface area contributed by atoms with Crippen molar-refractivity contribution in [3.05, 3.63) is 70.7 Å². The molecular formula is C20H19ClN2O2. The number of hydrogen-bond donors (Lipinski definition) is 2. The fourth-order valence-corrected chi connectivity index (χ4v) is 2.78. The number of hydrogen-bond acceptors (Lipinski definition) is 2. The zero-order valence-corrected chi connectivity index (χ0v) is 14.9. The molecule has 0 radical (unpaired) electrons. The Morgan fingerprint density at radius 3 is 2.48 bits per heavy atom. The molecule has 0 heterocycles. The number of urea groups is 1. The molecule has 0 fully saturated rings. The first kappa shape index (κ1) is 17.1. The van der Waals surface area contributed by atoms with Gasteiger partial charge in [-0.25, -0.2) is 4.79 Å². The van der Waals surface area contributed by atoms with Crippen molar-refractivity contribution in [3.8, 4) is 5.75 Å². The summed E-state index contributed by atoms with van der Waals surface area (Å²) in [5, 5.41) is 8.34. The fraction of sp³-hybridized carbons (Fsp3) is 0.150. The summed E-state index contributed by atoms with van der Waals surface area (Å²) < 4.78 is 5.59. The summed E-state index contributed by atoms with van der Waals surface area (Å²) in [4.78, 5) is 12.1. The number of nitrogens with one attached hydrogen (secondary N) is 2. The van der Waals surface area contributed by atoms with Crippen molar-refractivity contribution in [1.29, 1.82) is 0 Å². The third-order valence-corrected chi connectivity index (χ3v) is 4.52. The molecule has 0 aliphatic carbocycles. The minimum absolute atomic E-state index is 0.0666. The zero-order valence-electron chi connectivity index (χ0n) is 14.1. The van der Waals surface area contributed by atoms with Crippen molar-refractivity contribution >= 4 is 34.1 Å². The average molecular weight is 355 g/mol. The van der Waals surface area contributed by atoms with E-state index >= 15 is 0 Å². The number of benzene rings is 3. The summed E-state index contributed by atoms with van der Waals surface area (Å²) >= 11 is 6.14. The molecule has 2 amide bonds. The van der Waals surface area contributed by atoms with Crippen LogP contribution in [0.4, 0.5) is 10.5 Å². The van der Waals surface area contributed by atoms with Crippen LogP contribution in [0.15, 0.2) is 54.6 Å². The standard InChI is InChI=1S/C20H19ClN2O2/c1-13-10-16(11-14(2)19(13)21)25-12-22-20(24)23-18-9-5-7-15-6-3-4-8-17(15)18/h3-11H,12H2,1-2H3,(H2,22,23,24). The third kappa shape index (κ3) is 4.03. The number of fused-ring (bicyclic) bond motifs is 1. The van der Waals surface area contributed by atoms with E-state index in [0.29, 0.717) is 5.75 Å². The van der Waals surface area contributed by atoms with E-state index in [2.05, 4.69) is 10.6 Å². The maximum absolute atomic E-state index is 12.1. The van der Waals surface area contributed by atoms with Gasteiger partial charge in [0.25, 0.3) is 0 Å². The number of amides is 2. The molecule has 0 spiro atoms. The minimum Gasteiger partial charge on any atom is -0.473 e. The second kappa shape index (κ2) is 7.45. The first-order valence-corrected chi connectivity index (χ1v) is 8.34. The summed E-state index contributed by atoms with van der Waals surface area (Å²) in [5.41, 5.74) is 2.64. The van der Waals surface area contributed by atoms with Crippen LogP contribution >= 0.6 is 11.6 Å². The fourth-order valence-electron chi connectivity index (χ4n) is 2.68. The normalized spacial score (nSPS) is 10.5. The molecule has 0 aliphatic rings. The smallest absolute Gasteiger partial charge is 0.321 e. The molecule has 0 unspecified atom stereocenters. The van der Waals surface area contributed by atoms with E-state index in [0.717, 1.165) is 32.6 Å². The monoisotopic (exact) mass is 354 g/mol. The van der Waals surface area contributed by atoms with Gasteiger partial charge in [-0.15, -0.1) is 0 Å². The molecule has 5 heteroatoms. The van der Waals surface area contributed by atoms with Crippen molar-refractivity contribution in [2.45, 2.75) is 13.8 Å².